The standard InChI is InChI=1S/C17H17N5OS2/c1-11-15(25-21-20-11)16(23)19-17-18-13-7-8-22(10-14(13)24-17)9-12-5-3-2-4-6-12/h2-6H,7-10H2,1H3,(H,18,19,23). The molecule has 0 saturated heterocycles. The molecule has 1 aliphatic heterocycles. The van der Waals surface area contributed by atoms with Crippen molar-refractivity contribution in [3.8, 4) is 0 Å². The van der Waals surface area contributed by atoms with Gasteiger partial charge in [0, 0.05) is 30.9 Å². The number of anilines is 1. The van der Waals surface area contributed by atoms with E-state index in [1.54, 1.807) is 18.3 Å². The van der Waals surface area contributed by atoms with E-state index in [0.29, 0.717) is 15.7 Å². The summed E-state index contributed by atoms with van der Waals surface area (Å²) in [6.07, 6.45) is 0.912. The van der Waals surface area contributed by atoms with Crippen molar-refractivity contribution in [1.82, 2.24) is 19.5 Å². The Bertz CT molecular complexity index is 890. The molecule has 0 bridgehead atoms. The van der Waals surface area contributed by atoms with Crippen LogP contribution in [0.1, 0.15) is 31.5 Å². The molecule has 0 unspecified atom stereocenters. The second-order valence-electron chi connectivity index (χ2n) is 5.98. The van der Waals surface area contributed by atoms with Crippen LogP contribution in [0.4, 0.5) is 5.13 Å². The first-order valence-electron chi connectivity index (χ1n) is 8.04. The molecule has 3 heterocycles. The van der Waals surface area contributed by atoms with Crippen LogP contribution in [0.3, 0.4) is 0 Å². The average molecular weight is 371 g/mol. The van der Waals surface area contributed by atoms with E-state index in [4.69, 9.17) is 0 Å². The number of nitrogens with one attached hydrogen (secondary N) is 1. The van der Waals surface area contributed by atoms with Gasteiger partial charge in [-0.25, -0.2) is 4.98 Å². The Morgan fingerprint density at radius 3 is 2.92 bits per heavy atom. The maximum Gasteiger partial charge on any atom is 0.271 e. The topological polar surface area (TPSA) is 71.0 Å². The van der Waals surface area contributed by atoms with Crippen LogP contribution in [0.2, 0.25) is 0 Å². The summed E-state index contributed by atoms with van der Waals surface area (Å²) in [7, 11) is 0. The first-order chi connectivity index (χ1) is 12.2. The van der Waals surface area contributed by atoms with E-state index in [1.807, 2.05) is 6.07 Å². The summed E-state index contributed by atoms with van der Waals surface area (Å²) in [5.74, 6) is -0.181. The third-order valence-electron chi connectivity index (χ3n) is 4.14. The first-order valence-corrected chi connectivity index (χ1v) is 9.63. The second-order valence-corrected chi connectivity index (χ2v) is 7.81. The number of benzene rings is 1. The van der Waals surface area contributed by atoms with Gasteiger partial charge < -0.3 is 0 Å². The van der Waals surface area contributed by atoms with Crippen LogP contribution in [0.25, 0.3) is 0 Å². The van der Waals surface area contributed by atoms with Gasteiger partial charge in [-0.1, -0.05) is 34.8 Å². The highest BCUT2D eigenvalue weighted by Gasteiger charge is 2.22. The maximum absolute atomic E-state index is 12.3. The molecule has 0 saturated carbocycles. The van der Waals surface area contributed by atoms with Gasteiger partial charge in [-0.05, 0) is 24.0 Å². The molecule has 0 fully saturated rings. The molecule has 0 aliphatic carbocycles. The van der Waals surface area contributed by atoms with E-state index < -0.39 is 0 Å². The Morgan fingerprint density at radius 2 is 2.16 bits per heavy atom. The molecule has 0 atom stereocenters. The van der Waals surface area contributed by atoms with Crippen LogP contribution in [0.5, 0.6) is 0 Å². The second kappa shape index (κ2) is 6.99. The highest BCUT2D eigenvalue weighted by molar-refractivity contribution is 7.16. The quantitative estimate of drug-likeness (QED) is 0.763. The van der Waals surface area contributed by atoms with Gasteiger partial charge in [0.2, 0.25) is 0 Å². The Morgan fingerprint density at radius 1 is 1.32 bits per heavy atom. The van der Waals surface area contributed by atoms with Gasteiger partial charge in [-0.3, -0.25) is 15.0 Å². The van der Waals surface area contributed by atoms with Crippen molar-refractivity contribution in [3.05, 3.63) is 57.0 Å². The third kappa shape index (κ3) is 3.60. The van der Waals surface area contributed by atoms with Gasteiger partial charge >= 0.3 is 0 Å². The van der Waals surface area contributed by atoms with Crippen molar-refractivity contribution in [1.29, 1.82) is 0 Å². The summed E-state index contributed by atoms with van der Waals surface area (Å²) in [5.41, 5.74) is 3.07. The number of aryl methyl sites for hydroxylation is 1. The Hall–Kier alpha value is -2.16. The van der Waals surface area contributed by atoms with Crippen LogP contribution >= 0.6 is 22.9 Å². The van der Waals surface area contributed by atoms with Gasteiger partial charge in [0.15, 0.2) is 5.13 Å². The fourth-order valence-electron chi connectivity index (χ4n) is 2.87. The van der Waals surface area contributed by atoms with E-state index in [1.165, 1.54) is 10.4 Å². The van der Waals surface area contributed by atoms with Crippen LogP contribution in [-0.4, -0.2) is 31.9 Å². The van der Waals surface area contributed by atoms with E-state index in [-0.39, 0.29) is 5.91 Å². The molecule has 25 heavy (non-hydrogen) atoms. The molecule has 128 valence electrons. The SMILES string of the molecule is Cc1nnsc1C(=O)Nc1nc2c(s1)CN(Cc1ccccc1)CC2. The molecule has 0 spiro atoms. The number of fused-ring (bicyclic) bond motifs is 1. The summed E-state index contributed by atoms with van der Waals surface area (Å²) in [4.78, 5) is 21.1. The van der Waals surface area contributed by atoms with Gasteiger partial charge in [0.25, 0.3) is 5.91 Å². The normalized spacial score (nSPS) is 14.3. The predicted octanol–water partition coefficient (Wildman–Crippen LogP) is 3.11. The first kappa shape index (κ1) is 16.3. The highest BCUT2D eigenvalue weighted by atomic mass is 32.1. The maximum atomic E-state index is 12.3. The number of thiazole rings is 1. The summed E-state index contributed by atoms with van der Waals surface area (Å²) < 4.78 is 3.81. The summed E-state index contributed by atoms with van der Waals surface area (Å²) in [6.45, 7) is 4.58. The molecule has 8 heteroatoms. The van der Waals surface area contributed by atoms with E-state index in [0.717, 1.165) is 43.3 Å². The van der Waals surface area contributed by atoms with Gasteiger partial charge in [-0.15, -0.1) is 16.4 Å². The summed E-state index contributed by atoms with van der Waals surface area (Å²) >= 11 is 2.67. The number of amides is 1. The molecule has 6 nitrogen and oxygen atoms in total. The minimum Gasteiger partial charge on any atom is -0.297 e. The lowest BCUT2D eigenvalue weighted by atomic mass is 10.1. The molecule has 1 aromatic carbocycles. The highest BCUT2D eigenvalue weighted by Crippen LogP contribution is 2.29. The lowest BCUT2D eigenvalue weighted by Gasteiger charge is -2.25. The van der Waals surface area contributed by atoms with E-state index in [9.17, 15) is 4.79 Å². The average Bonchev–Trinajstić information content (AvgIpc) is 3.21. The molecule has 1 N–H and O–H groups in total. The number of hydrogen-bond donors (Lipinski definition) is 1. The van der Waals surface area contributed by atoms with Gasteiger partial charge in [0.1, 0.15) is 4.88 Å². The molecule has 4 rings (SSSR count). The number of carbonyl (C=O) groups excluding carboxylic acids is 1. The number of rotatable bonds is 4. The molecular formula is C17H17N5OS2. The smallest absolute Gasteiger partial charge is 0.271 e. The van der Waals surface area contributed by atoms with Crippen LogP contribution in [0, 0.1) is 6.92 Å². The lowest BCUT2D eigenvalue weighted by molar-refractivity contribution is 0.103. The van der Waals surface area contributed by atoms with Gasteiger partial charge in [0.05, 0.1) is 11.4 Å². The lowest BCUT2D eigenvalue weighted by Crippen LogP contribution is -2.29. The number of hydrogen-bond acceptors (Lipinski definition) is 7. The summed E-state index contributed by atoms with van der Waals surface area (Å²) in [5, 5.41) is 7.42. The van der Waals surface area contributed by atoms with Crippen LogP contribution < -0.4 is 5.32 Å². The minimum atomic E-state index is -0.181. The Balaban J connectivity index is 1.44. The Kier molecular flexibility index (Phi) is 4.56. The Labute approximate surface area is 153 Å². The monoisotopic (exact) mass is 371 g/mol. The van der Waals surface area contributed by atoms with Crippen molar-refractivity contribution >= 4 is 33.9 Å². The van der Waals surface area contributed by atoms with Crippen molar-refractivity contribution < 1.29 is 4.79 Å². The van der Waals surface area contributed by atoms with Crippen LogP contribution in [0.15, 0.2) is 30.3 Å². The van der Waals surface area contributed by atoms with Crippen molar-refractivity contribution in [2.75, 3.05) is 11.9 Å². The minimum absolute atomic E-state index is 0.181. The van der Waals surface area contributed by atoms with Crippen molar-refractivity contribution in [2.45, 2.75) is 26.4 Å². The number of aromatic nitrogens is 3. The summed E-state index contributed by atoms with van der Waals surface area (Å²) in [6, 6.07) is 10.5. The van der Waals surface area contributed by atoms with Crippen LogP contribution in [-0.2, 0) is 19.5 Å². The molecular weight excluding hydrogens is 354 g/mol. The molecule has 1 aliphatic rings. The molecule has 0 radical (unpaired) electrons. The zero-order chi connectivity index (χ0) is 17.2. The predicted molar refractivity (Wildman–Crippen MR) is 99.0 cm³/mol. The molecule has 3 aromatic rings. The van der Waals surface area contributed by atoms with Crippen molar-refractivity contribution in [3.63, 3.8) is 0 Å². The van der Waals surface area contributed by atoms with E-state index >= 15 is 0 Å². The largest absolute Gasteiger partial charge is 0.297 e. The van der Waals surface area contributed by atoms with E-state index in [2.05, 4.69) is 49.1 Å². The zero-order valence-corrected chi connectivity index (χ0v) is 15.4. The molecule has 2 aromatic heterocycles. The third-order valence-corrected chi connectivity index (χ3v) is 5.96. The number of nitrogens with zero attached hydrogens (tertiary/aromatic N) is 4. The molecule has 1 amide bonds. The number of carbonyl (C=O) groups is 1. The van der Waals surface area contributed by atoms with Crippen molar-refractivity contribution in [2.24, 2.45) is 0 Å². The zero-order valence-electron chi connectivity index (χ0n) is 13.7. The fraction of sp³-hybridized carbons (Fsp3) is 0.294. The fourth-order valence-corrected chi connectivity index (χ4v) is 4.47. The van der Waals surface area contributed by atoms with Gasteiger partial charge in [-0.2, -0.15) is 0 Å².